The van der Waals surface area contributed by atoms with Crippen molar-refractivity contribution in [1.82, 2.24) is 0 Å². The van der Waals surface area contributed by atoms with Crippen molar-refractivity contribution < 1.29 is 19.1 Å². The zero-order chi connectivity index (χ0) is 15.3. The fourth-order valence-electron chi connectivity index (χ4n) is 2.14. The van der Waals surface area contributed by atoms with E-state index in [4.69, 9.17) is 9.47 Å². The Morgan fingerprint density at radius 1 is 1.25 bits per heavy atom. The fourth-order valence-corrected chi connectivity index (χ4v) is 2.14. The number of ketones is 1. The van der Waals surface area contributed by atoms with Crippen LogP contribution in [0, 0.1) is 6.92 Å². The highest BCUT2D eigenvalue weighted by Crippen LogP contribution is 2.35. The largest absolute Gasteiger partial charge is 0.496 e. The Kier molecular flexibility index (Phi) is 5.31. The predicted molar refractivity (Wildman–Crippen MR) is 77.0 cm³/mol. The van der Waals surface area contributed by atoms with Crippen molar-refractivity contribution in [2.45, 2.75) is 39.5 Å². The van der Waals surface area contributed by atoms with Crippen molar-refractivity contribution in [3.05, 3.63) is 29.3 Å². The fraction of sp³-hybridized carbons (Fsp3) is 0.500. The Morgan fingerprint density at radius 3 is 2.45 bits per heavy atom. The normalized spacial score (nSPS) is 11.1. The van der Waals surface area contributed by atoms with Gasteiger partial charge in [0.2, 0.25) is 5.78 Å². The quantitative estimate of drug-likeness (QED) is 0.593. The third-order valence-electron chi connectivity index (χ3n) is 3.19. The van der Waals surface area contributed by atoms with Gasteiger partial charge in [0.1, 0.15) is 5.75 Å². The van der Waals surface area contributed by atoms with Gasteiger partial charge in [0.25, 0.3) is 0 Å². The van der Waals surface area contributed by atoms with Gasteiger partial charge in [-0.15, -0.1) is 0 Å². The van der Waals surface area contributed by atoms with Crippen LogP contribution < -0.4 is 4.74 Å². The number of methoxy groups -OCH3 is 1. The van der Waals surface area contributed by atoms with Crippen LogP contribution >= 0.6 is 0 Å². The molecule has 0 atom stereocenters. The Hall–Kier alpha value is -1.84. The minimum Gasteiger partial charge on any atom is -0.496 e. The molecule has 0 radical (unpaired) electrons. The molecule has 0 N–H and O–H groups in total. The summed E-state index contributed by atoms with van der Waals surface area (Å²) in [6.07, 6.45) is 0.0885. The van der Waals surface area contributed by atoms with Crippen LogP contribution in [-0.4, -0.2) is 25.5 Å². The highest BCUT2D eigenvalue weighted by molar-refractivity contribution is 6.33. The number of esters is 1. The van der Waals surface area contributed by atoms with Crippen molar-refractivity contribution in [3.8, 4) is 5.75 Å². The van der Waals surface area contributed by atoms with Crippen molar-refractivity contribution >= 4 is 11.8 Å². The van der Waals surface area contributed by atoms with Crippen LogP contribution in [0.15, 0.2) is 18.2 Å². The molecule has 0 saturated carbocycles. The van der Waals surface area contributed by atoms with Gasteiger partial charge in [-0.3, -0.25) is 4.79 Å². The van der Waals surface area contributed by atoms with E-state index in [1.807, 2.05) is 39.0 Å². The number of carbonyl (C=O) groups excluding carboxylic acids is 2. The molecule has 0 aromatic heterocycles. The molecule has 0 amide bonds. The van der Waals surface area contributed by atoms with E-state index in [1.54, 1.807) is 14.0 Å². The van der Waals surface area contributed by atoms with Gasteiger partial charge in [0.05, 0.1) is 13.7 Å². The van der Waals surface area contributed by atoms with Gasteiger partial charge in [-0.05, 0) is 25.5 Å². The molecule has 0 heterocycles. The molecule has 4 nitrogen and oxygen atoms in total. The van der Waals surface area contributed by atoms with E-state index >= 15 is 0 Å². The molecular formula is C16H22O4. The summed E-state index contributed by atoms with van der Waals surface area (Å²) in [6.45, 7) is 7.69. The lowest BCUT2D eigenvalue weighted by Crippen LogP contribution is -2.28. The smallest absolute Gasteiger partial charge is 0.374 e. The van der Waals surface area contributed by atoms with E-state index in [0.717, 1.165) is 16.9 Å². The number of rotatable bonds is 6. The van der Waals surface area contributed by atoms with Crippen LogP contribution in [0.3, 0.4) is 0 Å². The first-order chi connectivity index (χ1) is 9.31. The van der Waals surface area contributed by atoms with E-state index in [9.17, 15) is 9.59 Å². The summed E-state index contributed by atoms with van der Waals surface area (Å²) in [5.41, 5.74) is 1.49. The summed E-state index contributed by atoms with van der Waals surface area (Å²) in [7, 11) is 1.60. The maximum Gasteiger partial charge on any atom is 0.374 e. The molecule has 1 aromatic carbocycles. The number of carbonyl (C=O) groups is 2. The molecule has 4 heteroatoms. The molecule has 0 aliphatic rings. The van der Waals surface area contributed by atoms with Gasteiger partial charge in [0.15, 0.2) is 0 Å². The average molecular weight is 278 g/mol. The molecule has 0 saturated heterocycles. The third-order valence-corrected chi connectivity index (χ3v) is 3.19. The second-order valence-electron chi connectivity index (χ2n) is 5.41. The molecule has 0 spiro atoms. The lowest BCUT2D eigenvalue weighted by molar-refractivity contribution is -0.154. The first kappa shape index (κ1) is 16.2. The summed E-state index contributed by atoms with van der Waals surface area (Å²) >= 11 is 0. The van der Waals surface area contributed by atoms with E-state index in [2.05, 4.69) is 0 Å². The Balaban J connectivity index is 2.99. The van der Waals surface area contributed by atoms with E-state index < -0.39 is 17.2 Å². The summed E-state index contributed by atoms with van der Waals surface area (Å²) in [6, 6.07) is 5.83. The number of hydrogen-bond donors (Lipinski definition) is 0. The third kappa shape index (κ3) is 3.83. The molecule has 0 unspecified atom stereocenters. The summed E-state index contributed by atoms with van der Waals surface area (Å²) in [5.74, 6) is -0.558. The SMILES string of the molecule is CCOC(=O)C(=O)CC(C)(C)c1ccc(C)cc1OC. The van der Waals surface area contributed by atoms with Crippen LogP contribution in [0.4, 0.5) is 0 Å². The molecule has 110 valence electrons. The maximum atomic E-state index is 11.9. The van der Waals surface area contributed by atoms with E-state index in [-0.39, 0.29) is 13.0 Å². The van der Waals surface area contributed by atoms with Gasteiger partial charge in [-0.1, -0.05) is 26.0 Å². The van der Waals surface area contributed by atoms with Crippen molar-refractivity contribution in [2.24, 2.45) is 0 Å². The van der Waals surface area contributed by atoms with Crippen molar-refractivity contribution in [3.63, 3.8) is 0 Å². The Bertz CT molecular complexity index is 503. The van der Waals surface area contributed by atoms with Crippen LogP contribution in [0.1, 0.15) is 38.3 Å². The van der Waals surface area contributed by atoms with E-state index in [1.165, 1.54) is 0 Å². The Labute approximate surface area is 120 Å². The average Bonchev–Trinajstić information content (AvgIpc) is 2.37. The van der Waals surface area contributed by atoms with Gasteiger partial charge in [0, 0.05) is 17.4 Å². The van der Waals surface area contributed by atoms with Gasteiger partial charge in [-0.2, -0.15) is 0 Å². The summed E-state index contributed by atoms with van der Waals surface area (Å²) in [4.78, 5) is 23.3. The molecular weight excluding hydrogens is 256 g/mol. The van der Waals surface area contributed by atoms with Gasteiger partial charge < -0.3 is 9.47 Å². The number of hydrogen-bond acceptors (Lipinski definition) is 4. The molecule has 0 bridgehead atoms. The summed E-state index contributed by atoms with van der Waals surface area (Å²) in [5, 5.41) is 0. The standard InChI is InChI=1S/C16H22O4/c1-6-20-15(18)13(17)10-16(3,4)12-8-7-11(2)9-14(12)19-5/h7-9H,6,10H2,1-5H3. The van der Waals surface area contributed by atoms with Crippen molar-refractivity contribution in [2.75, 3.05) is 13.7 Å². The summed E-state index contributed by atoms with van der Waals surface area (Å²) < 4.78 is 10.1. The molecule has 1 rings (SSSR count). The first-order valence-corrected chi connectivity index (χ1v) is 6.67. The van der Waals surface area contributed by atoms with Crippen LogP contribution in [0.5, 0.6) is 5.75 Å². The highest BCUT2D eigenvalue weighted by atomic mass is 16.5. The van der Waals surface area contributed by atoms with Crippen LogP contribution in [0.25, 0.3) is 0 Å². The Morgan fingerprint density at radius 2 is 1.90 bits per heavy atom. The molecule has 20 heavy (non-hydrogen) atoms. The first-order valence-electron chi connectivity index (χ1n) is 6.67. The topological polar surface area (TPSA) is 52.6 Å². The maximum absolute atomic E-state index is 11.9. The van der Waals surface area contributed by atoms with Gasteiger partial charge in [-0.25, -0.2) is 4.79 Å². The second kappa shape index (κ2) is 6.55. The second-order valence-corrected chi connectivity index (χ2v) is 5.41. The highest BCUT2D eigenvalue weighted by Gasteiger charge is 2.30. The predicted octanol–water partition coefficient (Wildman–Crippen LogP) is 2.80. The van der Waals surface area contributed by atoms with Crippen LogP contribution in [-0.2, 0) is 19.7 Å². The minimum atomic E-state index is -0.772. The number of aryl methyl sites for hydroxylation is 1. The van der Waals surface area contributed by atoms with Crippen molar-refractivity contribution in [1.29, 1.82) is 0 Å². The lowest BCUT2D eigenvalue weighted by atomic mass is 9.79. The molecule has 0 aliphatic heterocycles. The number of benzene rings is 1. The minimum absolute atomic E-state index is 0.0885. The number of ether oxygens (including phenoxy) is 2. The molecule has 0 fully saturated rings. The number of Topliss-reactive ketones (excluding diaryl/α,β-unsaturated/α-hetero) is 1. The molecule has 1 aromatic rings. The van der Waals surface area contributed by atoms with E-state index in [0.29, 0.717) is 0 Å². The van der Waals surface area contributed by atoms with Crippen LogP contribution in [0.2, 0.25) is 0 Å². The molecule has 0 aliphatic carbocycles. The monoisotopic (exact) mass is 278 g/mol. The lowest BCUT2D eigenvalue weighted by Gasteiger charge is -2.26. The van der Waals surface area contributed by atoms with Gasteiger partial charge >= 0.3 is 5.97 Å². The zero-order valence-electron chi connectivity index (χ0n) is 12.8. The zero-order valence-corrected chi connectivity index (χ0v) is 12.8.